The van der Waals surface area contributed by atoms with Crippen LogP contribution >= 0.6 is 11.8 Å². The summed E-state index contributed by atoms with van der Waals surface area (Å²) in [6.45, 7) is 0. The first-order valence-corrected chi connectivity index (χ1v) is 6.78. The second-order valence-electron chi connectivity index (χ2n) is 3.96. The highest BCUT2D eigenvalue weighted by molar-refractivity contribution is 8.04. The Morgan fingerprint density at radius 3 is 2.75 bits per heavy atom. The minimum absolute atomic E-state index is 0.231. The third-order valence-electron chi connectivity index (χ3n) is 2.74. The summed E-state index contributed by atoms with van der Waals surface area (Å²) in [5.41, 5.74) is 2.05. The Morgan fingerprint density at radius 1 is 1.35 bits per heavy atom. The van der Waals surface area contributed by atoms with Crippen molar-refractivity contribution in [2.75, 3.05) is 7.11 Å². The van der Waals surface area contributed by atoms with Gasteiger partial charge in [-0.1, -0.05) is 30.3 Å². The predicted octanol–water partition coefficient (Wildman–Crippen LogP) is 3.17. The van der Waals surface area contributed by atoms with E-state index < -0.39 is 5.97 Å². The number of aromatic nitrogens is 1. The summed E-state index contributed by atoms with van der Waals surface area (Å²) < 4.78 is 4.70. The second kappa shape index (κ2) is 6.73. The standard InChI is InChI=1S/C15H12N2O2S/c1-19-15(18)12-7-8-17-13(9-12)14(20-10-16)11-5-3-2-4-6-11/h2-9,14H,1H3. The maximum atomic E-state index is 11.6. The van der Waals surface area contributed by atoms with E-state index in [4.69, 9.17) is 10.00 Å². The summed E-state index contributed by atoms with van der Waals surface area (Å²) in [6.07, 6.45) is 1.55. The first-order valence-electron chi connectivity index (χ1n) is 5.90. The largest absolute Gasteiger partial charge is 0.465 e. The highest BCUT2D eigenvalue weighted by atomic mass is 32.2. The third-order valence-corrected chi connectivity index (χ3v) is 3.60. The van der Waals surface area contributed by atoms with Crippen molar-refractivity contribution >= 4 is 17.7 Å². The Kier molecular flexibility index (Phi) is 4.75. The molecule has 2 rings (SSSR count). The van der Waals surface area contributed by atoms with Crippen LogP contribution in [-0.2, 0) is 4.74 Å². The van der Waals surface area contributed by atoms with Gasteiger partial charge in [0.25, 0.3) is 0 Å². The fraction of sp³-hybridized carbons (Fsp3) is 0.133. The molecular weight excluding hydrogens is 272 g/mol. The van der Waals surface area contributed by atoms with E-state index in [1.165, 1.54) is 7.11 Å². The van der Waals surface area contributed by atoms with Crippen molar-refractivity contribution in [3.63, 3.8) is 0 Å². The molecule has 0 saturated carbocycles. The van der Waals surface area contributed by atoms with Gasteiger partial charge in [0.1, 0.15) is 5.40 Å². The molecule has 1 atom stereocenters. The summed E-state index contributed by atoms with van der Waals surface area (Å²) in [5.74, 6) is -0.414. The van der Waals surface area contributed by atoms with Crippen LogP contribution in [0.2, 0.25) is 0 Å². The Morgan fingerprint density at radius 2 is 2.10 bits per heavy atom. The number of methoxy groups -OCH3 is 1. The average Bonchev–Trinajstić information content (AvgIpc) is 2.52. The zero-order valence-corrected chi connectivity index (χ0v) is 11.6. The second-order valence-corrected chi connectivity index (χ2v) is 4.85. The van der Waals surface area contributed by atoms with E-state index in [9.17, 15) is 4.79 Å². The van der Waals surface area contributed by atoms with Crippen LogP contribution < -0.4 is 0 Å². The predicted molar refractivity (Wildman–Crippen MR) is 77.1 cm³/mol. The van der Waals surface area contributed by atoms with Gasteiger partial charge in [-0.05, 0) is 29.5 Å². The molecule has 0 aliphatic carbocycles. The number of nitrogens with zero attached hydrogens (tertiary/aromatic N) is 2. The number of nitriles is 1. The lowest BCUT2D eigenvalue weighted by Crippen LogP contribution is -2.05. The van der Waals surface area contributed by atoms with Crippen LogP contribution in [0.3, 0.4) is 0 Å². The molecule has 0 bridgehead atoms. The van der Waals surface area contributed by atoms with Crippen LogP contribution in [0.15, 0.2) is 48.7 Å². The zero-order chi connectivity index (χ0) is 14.4. The number of benzene rings is 1. The fourth-order valence-electron chi connectivity index (χ4n) is 1.82. The number of esters is 1. The number of hydrogen-bond acceptors (Lipinski definition) is 5. The highest BCUT2D eigenvalue weighted by Gasteiger charge is 2.18. The molecule has 1 aromatic carbocycles. The fourth-order valence-corrected chi connectivity index (χ4v) is 2.46. The van der Waals surface area contributed by atoms with E-state index in [1.807, 2.05) is 30.3 Å². The Bertz CT molecular complexity index is 638. The van der Waals surface area contributed by atoms with E-state index in [-0.39, 0.29) is 5.25 Å². The van der Waals surface area contributed by atoms with Gasteiger partial charge in [0, 0.05) is 6.20 Å². The van der Waals surface area contributed by atoms with E-state index in [0.717, 1.165) is 17.3 Å². The van der Waals surface area contributed by atoms with Gasteiger partial charge in [0.15, 0.2) is 0 Å². The molecule has 1 heterocycles. The van der Waals surface area contributed by atoms with Gasteiger partial charge in [-0.25, -0.2) is 4.79 Å². The summed E-state index contributed by atoms with van der Waals surface area (Å²) >= 11 is 1.10. The lowest BCUT2D eigenvalue weighted by Gasteiger charge is -2.13. The Labute approximate surface area is 121 Å². The highest BCUT2D eigenvalue weighted by Crippen LogP contribution is 2.33. The Balaban J connectivity index is 2.40. The zero-order valence-electron chi connectivity index (χ0n) is 10.8. The smallest absolute Gasteiger partial charge is 0.337 e. The number of hydrogen-bond donors (Lipinski definition) is 0. The van der Waals surface area contributed by atoms with Gasteiger partial charge in [-0.3, -0.25) is 4.98 Å². The van der Waals surface area contributed by atoms with E-state index >= 15 is 0 Å². The molecule has 0 aliphatic rings. The summed E-state index contributed by atoms with van der Waals surface area (Å²) in [6, 6.07) is 12.8. The van der Waals surface area contributed by atoms with Gasteiger partial charge in [-0.15, -0.1) is 0 Å². The quantitative estimate of drug-likeness (QED) is 0.637. The third kappa shape index (κ3) is 3.16. The van der Waals surface area contributed by atoms with Gasteiger partial charge in [-0.2, -0.15) is 5.26 Å². The molecule has 4 nitrogen and oxygen atoms in total. The SMILES string of the molecule is COC(=O)c1ccnc(C(SC#N)c2ccccc2)c1. The topological polar surface area (TPSA) is 63.0 Å². The number of pyridine rings is 1. The van der Waals surface area contributed by atoms with E-state index in [0.29, 0.717) is 11.3 Å². The molecule has 0 radical (unpaired) electrons. The molecule has 1 unspecified atom stereocenters. The molecule has 100 valence electrons. The molecule has 2 aromatic rings. The van der Waals surface area contributed by atoms with Crippen molar-refractivity contribution in [3.8, 4) is 5.40 Å². The molecule has 1 aromatic heterocycles. The first-order chi connectivity index (χ1) is 9.76. The summed E-state index contributed by atoms with van der Waals surface area (Å²) in [4.78, 5) is 15.8. The Hall–Kier alpha value is -2.32. The molecule has 0 fully saturated rings. The van der Waals surface area contributed by atoms with Crippen LogP contribution in [0.5, 0.6) is 0 Å². The van der Waals surface area contributed by atoms with Crippen LogP contribution in [0, 0.1) is 10.7 Å². The number of carbonyl (C=O) groups excluding carboxylic acids is 1. The molecule has 0 spiro atoms. The van der Waals surface area contributed by atoms with Crippen molar-refractivity contribution < 1.29 is 9.53 Å². The summed E-state index contributed by atoms with van der Waals surface area (Å²) in [5, 5.41) is 10.8. The van der Waals surface area contributed by atoms with E-state index in [1.54, 1.807) is 18.3 Å². The average molecular weight is 284 g/mol. The van der Waals surface area contributed by atoms with Crippen molar-refractivity contribution in [1.82, 2.24) is 4.98 Å². The van der Waals surface area contributed by atoms with Gasteiger partial charge >= 0.3 is 5.97 Å². The number of thiocyanates is 1. The van der Waals surface area contributed by atoms with Crippen LogP contribution in [0.1, 0.15) is 26.9 Å². The summed E-state index contributed by atoms with van der Waals surface area (Å²) in [7, 11) is 1.33. The number of rotatable bonds is 4. The maximum absolute atomic E-state index is 11.6. The van der Waals surface area contributed by atoms with Crippen molar-refractivity contribution in [2.45, 2.75) is 5.25 Å². The molecule has 0 N–H and O–H groups in total. The number of ether oxygens (including phenoxy) is 1. The van der Waals surface area contributed by atoms with Gasteiger partial charge in [0.2, 0.25) is 0 Å². The first kappa shape index (κ1) is 14.1. The van der Waals surface area contributed by atoms with Gasteiger partial charge < -0.3 is 4.74 Å². The van der Waals surface area contributed by atoms with E-state index in [2.05, 4.69) is 10.4 Å². The minimum atomic E-state index is -0.414. The van der Waals surface area contributed by atoms with Crippen LogP contribution in [0.25, 0.3) is 0 Å². The number of carbonyl (C=O) groups is 1. The van der Waals surface area contributed by atoms with Crippen LogP contribution in [-0.4, -0.2) is 18.1 Å². The van der Waals surface area contributed by atoms with Crippen molar-refractivity contribution in [1.29, 1.82) is 5.26 Å². The molecule has 0 amide bonds. The lowest BCUT2D eigenvalue weighted by atomic mass is 10.1. The van der Waals surface area contributed by atoms with Crippen molar-refractivity contribution in [3.05, 3.63) is 65.5 Å². The maximum Gasteiger partial charge on any atom is 0.337 e. The van der Waals surface area contributed by atoms with Crippen molar-refractivity contribution in [2.24, 2.45) is 0 Å². The normalized spacial score (nSPS) is 11.4. The molecule has 5 heteroatoms. The lowest BCUT2D eigenvalue weighted by molar-refractivity contribution is 0.0600. The molecular formula is C15H12N2O2S. The monoisotopic (exact) mass is 284 g/mol. The van der Waals surface area contributed by atoms with Crippen LogP contribution in [0.4, 0.5) is 0 Å². The molecule has 0 aliphatic heterocycles. The molecule has 20 heavy (non-hydrogen) atoms. The van der Waals surface area contributed by atoms with Gasteiger partial charge in [0.05, 0.1) is 23.6 Å². The minimum Gasteiger partial charge on any atom is -0.465 e. The molecule has 0 saturated heterocycles. The number of thioether (sulfide) groups is 1.